The van der Waals surface area contributed by atoms with Crippen LogP contribution >= 0.6 is 0 Å². The predicted octanol–water partition coefficient (Wildman–Crippen LogP) is 18.3. The fourth-order valence-corrected chi connectivity index (χ4v) is 14.8. The standard InChI is InChI=1S/C78H56BN3O/c1-49-39-42-64-70(43-49)81(66-34-18-12-27-54(66)50-23-7-5-8-24-50)72-44-52(77(2,3)4)45-73-76(72)79(64)65-47-63-75(48-71(65)82(73)67-35-19-13-28-55(67)51-25-9-6-10-26-51)83-74-38-22-17-33-61(74)78(63)60-32-16-11-29-56(60)57-41-40-53(46-62(57)78)80-68-36-20-14-30-58(68)59-31-15-21-37-69(59)80/h5-48H,1-4H3. The van der Waals surface area contributed by atoms with Gasteiger partial charge in [0.15, 0.2) is 0 Å². The molecule has 1 aromatic heterocycles. The molecule has 3 aliphatic heterocycles. The van der Waals surface area contributed by atoms with E-state index < -0.39 is 5.41 Å². The molecule has 12 aromatic carbocycles. The average Bonchev–Trinajstić information content (AvgIpc) is 1.90. The molecule has 0 amide bonds. The number of aromatic nitrogens is 1. The summed E-state index contributed by atoms with van der Waals surface area (Å²) in [4.78, 5) is 5.19. The highest BCUT2D eigenvalue weighted by Crippen LogP contribution is 2.63. The number of hydrogen-bond donors (Lipinski definition) is 0. The van der Waals surface area contributed by atoms with Crippen molar-refractivity contribution in [1.82, 2.24) is 4.57 Å². The zero-order valence-corrected chi connectivity index (χ0v) is 46.7. The normalized spacial score (nSPS) is 15.1. The Kier molecular flexibility index (Phi) is 10.2. The molecule has 0 saturated heterocycles. The van der Waals surface area contributed by atoms with Gasteiger partial charge in [-0.25, -0.2) is 0 Å². The zero-order chi connectivity index (χ0) is 55.3. The van der Waals surface area contributed by atoms with Crippen molar-refractivity contribution in [3.05, 3.63) is 300 Å². The zero-order valence-electron chi connectivity index (χ0n) is 46.7. The van der Waals surface area contributed by atoms with Crippen LogP contribution < -0.4 is 30.9 Å². The SMILES string of the molecule is Cc1ccc2c(c1)N(c1ccccc1-c1ccccc1)c1cc(C(C)(C)C)cc3c1B2c1cc2c(cc1N3c1ccccc1-c1ccccc1)Oc1ccccc1C21c2ccccc2-c2ccc(-n3c4ccccc4c4ccccc43)cc21. The second kappa shape index (κ2) is 17.7. The third-order valence-electron chi connectivity index (χ3n) is 18.4. The topological polar surface area (TPSA) is 20.6 Å². The lowest BCUT2D eigenvalue weighted by atomic mass is 9.33. The van der Waals surface area contributed by atoms with Crippen LogP contribution in [0.2, 0.25) is 0 Å². The van der Waals surface area contributed by atoms with E-state index in [2.05, 4.69) is 309 Å². The van der Waals surface area contributed by atoms with Crippen molar-refractivity contribution < 1.29 is 4.74 Å². The highest BCUT2D eigenvalue weighted by Gasteiger charge is 2.53. The minimum absolute atomic E-state index is 0.167. The number of ether oxygens (including phenoxy) is 1. The van der Waals surface area contributed by atoms with E-state index >= 15 is 0 Å². The predicted molar refractivity (Wildman–Crippen MR) is 346 cm³/mol. The summed E-state index contributed by atoms with van der Waals surface area (Å²) in [6, 6.07) is 99.9. The molecule has 0 fully saturated rings. The van der Waals surface area contributed by atoms with Crippen LogP contribution in [0, 0.1) is 6.92 Å². The van der Waals surface area contributed by atoms with Crippen molar-refractivity contribution >= 4 is 79.0 Å². The molecule has 1 aliphatic carbocycles. The first-order chi connectivity index (χ1) is 40.7. The fourth-order valence-electron chi connectivity index (χ4n) is 14.8. The maximum absolute atomic E-state index is 7.52. The number of anilines is 6. The quantitative estimate of drug-likeness (QED) is 0.160. The van der Waals surface area contributed by atoms with Crippen LogP contribution in [-0.2, 0) is 10.8 Å². The van der Waals surface area contributed by atoms with Crippen molar-refractivity contribution in [2.45, 2.75) is 38.5 Å². The van der Waals surface area contributed by atoms with Crippen LogP contribution in [0.4, 0.5) is 34.1 Å². The molecule has 0 saturated carbocycles. The summed E-state index contributed by atoms with van der Waals surface area (Å²) in [5.41, 5.74) is 27.6. The van der Waals surface area contributed by atoms with Crippen LogP contribution in [0.15, 0.2) is 267 Å². The van der Waals surface area contributed by atoms with Gasteiger partial charge in [0.2, 0.25) is 0 Å². The smallest absolute Gasteiger partial charge is 0.252 e. The van der Waals surface area contributed by atoms with Crippen molar-refractivity contribution in [3.63, 3.8) is 0 Å². The van der Waals surface area contributed by atoms with Crippen molar-refractivity contribution in [2.24, 2.45) is 0 Å². The van der Waals surface area contributed by atoms with E-state index in [9.17, 15) is 0 Å². The number of rotatable bonds is 5. The van der Waals surface area contributed by atoms with Crippen LogP contribution in [0.3, 0.4) is 0 Å². The minimum Gasteiger partial charge on any atom is -0.457 e. The number of fused-ring (bicyclic) bond motifs is 16. The van der Waals surface area contributed by atoms with Gasteiger partial charge >= 0.3 is 0 Å². The maximum Gasteiger partial charge on any atom is 0.252 e. The summed E-state index contributed by atoms with van der Waals surface area (Å²) in [5.74, 6) is 1.71. The lowest BCUT2D eigenvalue weighted by molar-refractivity contribution is 0.436. The summed E-state index contributed by atoms with van der Waals surface area (Å²) in [6.45, 7) is 9.13. The van der Waals surface area contributed by atoms with Crippen molar-refractivity contribution in [3.8, 4) is 50.6 Å². The summed E-state index contributed by atoms with van der Waals surface area (Å²) >= 11 is 0. The summed E-state index contributed by atoms with van der Waals surface area (Å²) in [7, 11) is 0. The monoisotopic (exact) mass is 1060 g/mol. The van der Waals surface area contributed by atoms with Crippen LogP contribution in [0.1, 0.15) is 54.2 Å². The van der Waals surface area contributed by atoms with Gasteiger partial charge in [-0.3, -0.25) is 0 Å². The molecule has 0 N–H and O–H groups in total. The van der Waals surface area contributed by atoms with Gasteiger partial charge in [-0.05, 0) is 134 Å². The van der Waals surface area contributed by atoms with Crippen molar-refractivity contribution in [2.75, 3.05) is 9.80 Å². The largest absolute Gasteiger partial charge is 0.457 e. The molecule has 1 atom stereocenters. The van der Waals surface area contributed by atoms with E-state index in [1.165, 1.54) is 99.8 Å². The molecule has 4 nitrogen and oxygen atoms in total. The summed E-state index contributed by atoms with van der Waals surface area (Å²) in [5, 5.41) is 2.49. The first-order valence-electron chi connectivity index (χ1n) is 29.1. The van der Waals surface area contributed by atoms with Gasteiger partial charge in [0.05, 0.1) is 27.8 Å². The molecule has 5 heteroatoms. The Morgan fingerprint density at radius 1 is 0.373 bits per heavy atom. The van der Waals surface area contributed by atoms with Gasteiger partial charge in [-0.15, -0.1) is 0 Å². The molecule has 0 radical (unpaired) electrons. The molecule has 83 heavy (non-hydrogen) atoms. The Morgan fingerprint density at radius 3 is 1.54 bits per heavy atom. The van der Waals surface area contributed by atoms with E-state index in [0.717, 1.165) is 56.5 Å². The van der Waals surface area contributed by atoms with Gasteiger partial charge in [0.25, 0.3) is 6.71 Å². The van der Waals surface area contributed by atoms with Crippen molar-refractivity contribution in [1.29, 1.82) is 0 Å². The molecule has 392 valence electrons. The fraction of sp³-hybridized carbons (Fsp3) is 0.0769. The molecule has 4 aliphatic rings. The number of nitrogens with zero attached hydrogens (tertiary/aromatic N) is 3. The Morgan fingerprint density at radius 2 is 0.904 bits per heavy atom. The number of aryl methyl sites for hydroxylation is 1. The van der Waals surface area contributed by atoms with E-state index in [-0.39, 0.29) is 12.1 Å². The van der Waals surface area contributed by atoms with Gasteiger partial charge < -0.3 is 19.1 Å². The number of benzene rings is 12. The Hall–Kier alpha value is -10.1. The Labute approximate surface area is 484 Å². The van der Waals surface area contributed by atoms with Crippen LogP contribution in [0.5, 0.6) is 11.5 Å². The van der Waals surface area contributed by atoms with Gasteiger partial charge in [0, 0.05) is 67.5 Å². The van der Waals surface area contributed by atoms with Gasteiger partial charge in [0.1, 0.15) is 11.5 Å². The summed E-state index contributed by atoms with van der Waals surface area (Å²) < 4.78 is 9.99. The van der Waals surface area contributed by atoms with Crippen LogP contribution in [-0.4, -0.2) is 11.3 Å². The second-order valence-electron chi connectivity index (χ2n) is 24.0. The summed E-state index contributed by atoms with van der Waals surface area (Å²) in [6.07, 6.45) is 0. The van der Waals surface area contributed by atoms with Gasteiger partial charge in [-0.2, -0.15) is 0 Å². The van der Waals surface area contributed by atoms with E-state index in [1.807, 2.05) is 0 Å². The Balaban J connectivity index is 1.00. The van der Waals surface area contributed by atoms with E-state index in [1.54, 1.807) is 0 Å². The average molecular weight is 1060 g/mol. The third-order valence-corrected chi connectivity index (χ3v) is 18.4. The molecule has 1 unspecified atom stereocenters. The van der Waals surface area contributed by atoms with E-state index in [4.69, 9.17) is 4.74 Å². The molecule has 13 aromatic rings. The van der Waals surface area contributed by atoms with Gasteiger partial charge in [-0.1, -0.05) is 221 Å². The molecule has 1 spiro atoms. The molecule has 0 bridgehead atoms. The third kappa shape index (κ3) is 6.76. The maximum atomic E-state index is 7.52. The lowest BCUT2D eigenvalue weighted by Crippen LogP contribution is -2.61. The minimum atomic E-state index is -0.767. The second-order valence-corrected chi connectivity index (χ2v) is 24.0. The Bertz CT molecular complexity index is 4810. The van der Waals surface area contributed by atoms with Crippen LogP contribution in [0.25, 0.3) is 60.9 Å². The highest BCUT2D eigenvalue weighted by atomic mass is 16.5. The molecular formula is C78H56BN3O. The molecule has 4 heterocycles. The first-order valence-corrected chi connectivity index (χ1v) is 29.1. The molecular weight excluding hydrogens is 1010 g/mol. The highest BCUT2D eigenvalue weighted by molar-refractivity contribution is 7.00. The molecule has 17 rings (SSSR count). The van der Waals surface area contributed by atoms with E-state index in [0.29, 0.717) is 0 Å². The number of hydrogen-bond acceptors (Lipinski definition) is 3. The number of para-hydroxylation sites is 5. The lowest BCUT2D eigenvalue weighted by Gasteiger charge is -2.47. The first kappa shape index (κ1) is 47.7.